The first-order valence-corrected chi connectivity index (χ1v) is 8.07. The van der Waals surface area contributed by atoms with Crippen molar-refractivity contribution in [3.63, 3.8) is 0 Å². The first-order valence-electron chi connectivity index (χ1n) is 6.33. The highest BCUT2D eigenvalue weighted by molar-refractivity contribution is 7.98. The number of hydrogen-bond donors (Lipinski definition) is 1. The summed E-state index contributed by atoms with van der Waals surface area (Å²) in [6, 6.07) is 9.07. The fourth-order valence-electron chi connectivity index (χ4n) is 1.85. The molecule has 0 spiro atoms. The minimum Gasteiger partial charge on any atom is -0.335 e. The Labute approximate surface area is 141 Å². The molecule has 2 aromatic heterocycles. The number of nitrogens with zero attached hydrogens (tertiary/aromatic N) is 4. The molecule has 0 aliphatic rings. The summed E-state index contributed by atoms with van der Waals surface area (Å²) < 4.78 is 1.46. The number of nitrogen functional groups attached to an aromatic ring is 1. The Morgan fingerprint density at radius 2 is 1.86 bits per heavy atom. The molecule has 112 valence electrons. The van der Waals surface area contributed by atoms with Crippen LogP contribution in [0.15, 0.2) is 47.9 Å². The molecule has 0 atom stereocenters. The van der Waals surface area contributed by atoms with E-state index < -0.39 is 0 Å². The number of pyridine rings is 1. The summed E-state index contributed by atoms with van der Waals surface area (Å²) in [5, 5.41) is 10.1. The molecule has 1 aromatic carbocycles. The Morgan fingerprint density at radius 3 is 2.59 bits per heavy atom. The minimum atomic E-state index is 0.590. The van der Waals surface area contributed by atoms with Crippen LogP contribution in [0.25, 0.3) is 11.4 Å². The first kappa shape index (κ1) is 15.1. The van der Waals surface area contributed by atoms with Gasteiger partial charge in [0.05, 0.1) is 0 Å². The average Bonchev–Trinajstić information content (AvgIpc) is 2.88. The monoisotopic (exact) mass is 351 g/mol. The van der Waals surface area contributed by atoms with Gasteiger partial charge in [-0.15, -0.1) is 10.2 Å². The molecule has 0 aliphatic heterocycles. The number of halogens is 2. The topological polar surface area (TPSA) is 69.6 Å². The third-order valence-electron chi connectivity index (χ3n) is 2.97. The Kier molecular flexibility index (Phi) is 4.52. The molecule has 2 N–H and O–H groups in total. The Bertz CT molecular complexity index is 791. The summed E-state index contributed by atoms with van der Waals surface area (Å²) in [4.78, 5) is 3.97. The molecule has 0 saturated heterocycles. The van der Waals surface area contributed by atoms with Crippen LogP contribution in [0.2, 0.25) is 10.0 Å². The van der Waals surface area contributed by atoms with Crippen molar-refractivity contribution < 1.29 is 0 Å². The maximum Gasteiger partial charge on any atom is 0.210 e. The van der Waals surface area contributed by atoms with Crippen LogP contribution in [0, 0.1) is 0 Å². The zero-order chi connectivity index (χ0) is 15.5. The molecule has 0 fully saturated rings. The molecule has 3 rings (SSSR count). The summed E-state index contributed by atoms with van der Waals surface area (Å²) in [7, 11) is 0. The second kappa shape index (κ2) is 6.56. The highest BCUT2D eigenvalue weighted by Crippen LogP contribution is 2.28. The van der Waals surface area contributed by atoms with E-state index in [4.69, 9.17) is 29.0 Å². The largest absolute Gasteiger partial charge is 0.335 e. The van der Waals surface area contributed by atoms with Crippen LogP contribution < -0.4 is 5.84 Å². The van der Waals surface area contributed by atoms with Gasteiger partial charge in [0.2, 0.25) is 5.16 Å². The summed E-state index contributed by atoms with van der Waals surface area (Å²) in [5.74, 6) is 7.27. The van der Waals surface area contributed by atoms with Gasteiger partial charge >= 0.3 is 0 Å². The third kappa shape index (κ3) is 3.19. The van der Waals surface area contributed by atoms with E-state index in [2.05, 4.69) is 15.2 Å². The molecule has 0 saturated carbocycles. The molecule has 8 heteroatoms. The molecular formula is C14H11Cl2N5S. The van der Waals surface area contributed by atoms with E-state index in [0.717, 1.165) is 11.1 Å². The van der Waals surface area contributed by atoms with Crippen molar-refractivity contribution in [2.45, 2.75) is 10.9 Å². The number of benzene rings is 1. The number of hydrogen-bond acceptors (Lipinski definition) is 5. The van der Waals surface area contributed by atoms with Crippen molar-refractivity contribution in [1.82, 2.24) is 19.9 Å². The van der Waals surface area contributed by atoms with E-state index in [1.54, 1.807) is 24.5 Å². The van der Waals surface area contributed by atoms with Gasteiger partial charge in [-0.1, -0.05) is 41.0 Å². The van der Waals surface area contributed by atoms with Crippen LogP contribution in [0.1, 0.15) is 5.56 Å². The van der Waals surface area contributed by atoms with E-state index in [1.807, 2.05) is 18.2 Å². The SMILES string of the molecule is Nn1c(SCc2ccc(Cl)cc2Cl)nnc1-c1ccncc1. The van der Waals surface area contributed by atoms with Crippen molar-refractivity contribution in [2.75, 3.05) is 5.84 Å². The Morgan fingerprint density at radius 1 is 1.09 bits per heavy atom. The van der Waals surface area contributed by atoms with E-state index in [0.29, 0.717) is 26.8 Å². The van der Waals surface area contributed by atoms with Crippen molar-refractivity contribution in [3.8, 4) is 11.4 Å². The van der Waals surface area contributed by atoms with Crippen molar-refractivity contribution in [3.05, 3.63) is 58.3 Å². The highest BCUT2D eigenvalue weighted by atomic mass is 35.5. The standard InChI is InChI=1S/C14H11Cl2N5S/c15-11-2-1-10(12(16)7-11)8-22-14-20-19-13(21(14)17)9-3-5-18-6-4-9/h1-7H,8,17H2. The predicted molar refractivity (Wildman–Crippen MR) is 89.4 cm³/mol. The molecule has 2 heterocycles. The highest BCUT2D eigenvalue weighted by Gasteiger charge is 2.12. The summed E-state index contributed by atoms with van der Waals surface area (Å²) in [6.07, 6.45) is 3.37. The molecule has 0 aliphatic carbocycles. The zero-order valence-electron chi connectivity index (χ0n) is 11.3. The minimum absolute atomic E-state index is 0.590. The molecule has 0 unspecified atom stereocenters. The zero-order valence-corrected chi connectivity index (χ0v) is 13.6. The molecule has 3 aromatic rings. The lowest BCUT2D eigenvalue weighted by Crippen LogP contribution is -2.11. The lowest BCUT2D eigenvalue weighted by Gasteiger charge is -2.05. The fraction of sp³-hybridized carbons (Fsp3) is 0.0714. The van der Waals surface area contributed by atoms with E-state index >= 15 is 0 Å². The van der Waals surface area contributed by atoms with Gasteiger partial charge in [0, 0.05) is 33.8 Å². The van der Waals surface area contributed by atoms with Gasteiger partial charge in [-0.05, 0) is 29.8 Å². The average molecular weight is 352 g/mol. The third-order valence-corrected chi connectivity index (χ3v) is 4.55. The normalized spacial score (nSPS) is 10.8. The van der Waals surface area contributed by atoms with Gasteiger partial charge in [0.25, 0.3) is 0 Å². The van der Waals surface area contributed by atoms with Crippen LogP contribution in [0.4, 0.5) is 0 Å². The van der Waals surface area contributed by atoms with Crippen LogP contribution in [0.3, 0.4) is 0 Å². The fourth-order valence-corrected chi connectivity index (χ4v) is 3.27. The predicted octanol–water partition coefficient (Wildman–Crippen LogP) is 3.65. The van der Waals surface area contributed by atoms with Gasteiger partial charge in [-0.3, -0.25) is 4.98 Å². The first-order chi connectivity index (χ1) is 10.6. The van der Waals surface area contributed by atoms with Gasteiger partial charge in [0.15, 0.2) is 5.82 Å². The van der Waals surface area contributed by atoms with Gasteiger partial charge in [-0.2, -0.15) is 0 Å². The molecule has 0 bridgehead atoms. The van der Waals surface area contributed by atoms with Gasteiger partial charge < -0.3 is 5.84 Å². The Balaban J connectivity index is 1.78. The molecule has 22 heavy (non-hydrogen) atoms. The lowest BCUT2D eigenvalue weighted by atomic mass is 10.2. The molecule has 0 amide bonds. The number of aromatic nitrogens is 4. The quantitative estimate of drug-likeness (QED) is 0.573. The van der Waals surface area contributed by atoms with Crippen LogP contribution >= 0.6 is 35.0 Å². The molecule has 5 nitrogen and oxygen atoms in total. The summed E-state index contributed by atoms with van der Waals surface area (Å²) in [6.45, 7) is 0. The van der Waals surface area contributed by atoms with Gasteiger partial charge in [-0.25, -0.2) is 4.68 Å². The number of thioether (sulfide) groups is 1. The van der Waals surface area contributed by atoms with Crippen molar-refractivity contribution in [2.24, 2.45) is 0 Å². The molecule has 0 radical (unpaired) electrons. The second-order valence-corrected chi connectivity index (χ2v) is 6.22. The number of rotatable bonds is 4. The smallest absolute Gasteiger partial charge is 0.210 e. The maximum absolute atomic E-state index is 6.16. The summed E-state index contributed by atoms with van der Waals surface area (Å²) in [5.41, 5.74) is 1.82. The van der Waals surface area contributed by atoms with Crippen molar-refractivity contribution in [1.29, 1.82) is 0 Å². The van der Waals surface area contributed by atoms with E-state index in [-0.39, 0.29) is 0 Å². The molecular weight excluding hydrogens is 341 g/mol. The van der Waals surface area contributed by atoms with E-state index in [1.165, 1.54) is 16.4 Å². The maximum atomic E-state index is 6.16. The summed E-state index contributed by atoms with van der Waals surface area (Å²) >= 11 is 13.5. The number of nitrogens with two attached hydrogens (primary N) is 1. The van der Waals surface area contributed by atoms with E-state index in [9.17, 15) is 0 Å². The van der Waals surface area contributed by atoms with Crippen molar-refractivity contribution >= 4 is 35.0 Å². The second-order valence-electron chi connectivity index (χ2n) is 4.44. The van der Waals surface area contributed by atoms with Crippen LogP contribution in [-0.2, 0) is 5.75 Å². The van der Waals surface area contributed by atoms with Gasteiger partial charge in [0.1, 0.15) is 0 Å². The lowest BCUT2D eigenvalue weighted by molar-refractivity contribution is 0.849. The van der Waals surface area contributed by atoms with Crippen LogP contribution in [-0.4, -0.2) is 19.9 Å². The Hall–Kier alpha value is -1.76. The van der Waals surface area contributed by atoms with Crippen LogP contribution in [0.5, 0.6) is 0 Å².